The summed E-state index contributed by atoms with van der Waals surface area (Å²) in [7, 11) is 0. The molecule has 7 heteroatoms. The zero-order valence-electron chi connectivity index (χ0n) is 12.7. The molecule has 5 nitrogen and oxygen atoms in total. The van der Waals surface area contributed by atoms with Gasteiger partial charge in [-0.3, -0.25) is 9.59 Å². The van der Waals surface area contributed by atoms with Gasteiger partial charge in [-0.1, -0.05) is 30.3 Å². The fraction of sp³-hybridized carbons (Fsp3) is 0.176. The van der Waals surface area contributed by atoms with Gasteiger partial charge in [0, 0.05) is 5.69 Å². The van der Waals surface area contributed by atoms with Crippen LogP contribution in [-0.2, 0) is 16.0 Å². The predicted molar refractivity (Wildman–Crippen MR) is 84.9 cm³/mol. The summed E-state index contributed by atoms with van der Waals surface area (Å²) >= 11 is 0. The summed E-state index contributed by atoms with van der Waals surface area (Å²) in [4.78, 5) is 23.5. The Kier molecular flexibility index (Phi) is 6.24. The second-order valence-corrected chi connectivity index (χ2v) is 4.89. The number of nitrogens with one attached hydrogen (secondary N) is 2. The van der Waals surface area contributed by atoms with E-state index in [4.69, 9.17) is 0 Å². The highest BCUT2D eigenvalue weighted by Crippen LogP contribution is 2.17. The molecule has 126 valence electrons. The number of alkyl halides is 2. The fourth-order valence-electron chi connectivity index (χ4n) is 1.95. The molecule has 0 heterocycles. The van der Waals surface area contributed by atoms with E-state index in [0.29, 0.717) is 5.69 Å². The molecule has 0 aliphatic carbocycles. The van der Waals surface area contributed by atoms with Crippen LogP contribution in [0.4, 0.5) is 14.5 Å². The number of benzene rings is 2. The predicted octanol–water partition coefficient (Wildman–Crippen LogP) is 2.59. The zero-order valence-corrected chi connectivity index (χ0v) is 12.7. The van der Waals surface area contributed by atoms with Gasteiger partial charge in [-0.15, -0.1) is 0 Å². The Bertz CT molecular complexity index is 676. The summed E-state index contributed by atoms with van der Waals surface area (Å²) in [5.74, 6) is -0.685. The lowest BCUT2D eigenvalue weighted by molar-refractivity contribution is -0.123. The molecule has 0 aliphatic rings. The molecular formula is C17H16F2N2O3. The number of carbonyl (C=O) groups excluding carboxylic acids is 2. The van der Waals surface area contributed by atoms with Crippen LogP contribution in [0.2, 0.25) is 0 Å². The number of rotatable bonds is 7. The topological polar surface area (TPSA) is 67.4 Å². The Hall–Kier alpha value is -2.96. The molecule has 0 fully saturated rings. The number of amides is 2. The molecule has 0 unspecified atom stereocenters. The van der Waals surface area contributed by atoms with Gasteiger partial charge in [0.15, 0.2) is 0 Å². The lowest BCUT2D eigenvalue weighted by atomic mass is 10.1. The minimum absolute atomic E-state index is 0.000775. The fourth-order valence-corrected chi connectivity index (χ4v) is 1.95. The van der Waals surface area contributed by atoms with Gasteiger partial charge in [-0.25, -0.2) is 0 Å². The van der Waals surface area contributed by atoms with E-state index < -0.39 is 12.5 Å². The molecule has 2 aromatic carbocycles. The molecule has 0 aromatic heterocycles. The Morgan fingerprint density at radius 1 is 0.958 bits per heavy atom. The first kappa shape index (κ1) is 17.4. The Balaban J connectivity index is 1.75. The van der Waals surface area contributed by atoms with E-state index in [0.717, 1.165) is 5.56 Å². The van der Waals surface area contributed by atoms with E-state index in [2.05, 4.69) is 15.4 Å². The van der Waals surface area contributed by atoms with Crippen molar-refractivity contribution in [1.29, 1.82) is 0 Å². The average molecular weight is 334 g/mol. The van der Waals surface area contributed by atoms with Crippen LogP contribution in [0, 0.1) is 0 Å². The normalized spacial score (nSPS) is 10.3. The van der Waals surface area contributed by atoms with E-state index in [1.165, 1.54) is 24.3 Å². The second-order valence-electron chi connectivity index (χ2n) is 4.89. The largest absolute Gasteiger partial charge is 0.435 e. The summed E-state index contributed by atoms with van der Waals surface area (Å²) in [5.41, 5.74) is 1.27. The van der Waals surface area contributed by atoms with Crippen LogP contribution in [0.1, 0.15) is 5.56 Å². The molecule has 0 radical (unpaired) electrons. The SMILES string of the molecule is O=C(Cc1ccccc1)NCC(=O)Nc1ccc(OC(F)F)cc1. The van der Waals surface area contributed by atoms with E-state index >= 15 is 0 Å². The molecule has 2 aromatic rings. The number of carbonyl (C=O) groups is 2. The van der Waals surface area contributed by atoms with E-state index in [1.54, 1.807) is 0 Å². The molecule has 0 bridgehead atoms. The van der Waals surface area contributed by atoms with Crippen LogP contribution in [0.5, 0.6) is 5.75 Å². The lowest BCUT2D eigenvalue weighted by Crippen LogP contribution is -2.33. The van der Waals surface area contributed by atoms with Crippen molar-refractivity contribution in [3.63, 3.8) is 0 Å². The van der Waals surface area contributed by atoms with Crippen LogP contribution in [-0.4, -0.2) is 25.0 Å². The second kappa shape index (κ2) is 8.61. The minimum atomic E-state index is -2.90. The standard InChI is InChI=1S/C17H16F2N2O3/c18-17(19)24-14-8-6-13(7-9-14)21-16(23)11-20-15(22)10-12-4-2-1-3-5-12/h1-9,17H,10-11H2,(H,20,22)(H,21,23). The van der Waals surface area contributed by atoms with Gasteiger partial charge in [0.1, 0.15) is 5.75 Å². The van der Waals surface area contributed by atoms with E-state index in [9.17, 15) is 18.4 Å². The highest BCUT2D eigenvalue weighted by molar-refractivity contribution is 5.94. The molecule has 0 aliphatic heterocycles. The molecule has 2 N–H and O–H groups in total. The van der Waals surface area contributed by atoms with Gasteiger partial charge in [0.25, 0.3) is 0 Å². The van der Waals surface area contributed by atoms with Gasteiger partial charge < -0.3 is 15.4 Å². The van der Waals surface area contributed by atoms with Crippen molar-refractivity contribution in [2.75, 3.05) is 11.9 Å². The van der Waals surface area contributed by atoms with Crippen molar-refractivity contribution in [2.45, 2.75) is 13.0 Å². The quantitative estimate of drug-likeness (QED) is 0.818. The first-order chi connectivity index (χ1) is 11.5. The molecule has 2 rings (SSSR count). The number of hydrogen-bond acceptors (Lipinski definition) is 3. The van der Waals surface area contributed by atoms with Gasteiger partial charge in [0.2, 0.25) is 11.8 Å². The lowest BCUT2D eigenvalue weighted by Gasteiger charge is -2.08. The highest BCUT2D eigenvalue weighted by Gasteiger charge is 2.08. The van der Waals surface area contributed by atoms with Gasteiger partial charge in [0.05, 0.1) is 13.0 Å². The van der Waals surface area contributed by atoms with Gasteiger partial charge in [-0.2, -0.15) is 8.78 Å². The molecular weight excluding hydrogens is 318 g/mol. The van der Waals surface area contributed by atoms with Crippen LogP contribution < -0.4 is 15.4 Å². The van der Waals surface area contributed by atoms with Crippen molar-refractivity contribution < 1.29 is 23.1 Å². The summed E-state index contributed by atoms with van der Waals surface area (Å²) in [6.45, 7) is -3.08. The van der Waals surface area contributed by atoms with Crippen LogP contribution in [0.3, 0.4) is 0 Å². The first-order valence-electron chi connectivity index (χ1n) is 7.18. The smallest absolute Gasteiger partial charge is 0.387 e. The van der Waals surface area contributed by atoms with Crippen molar-refractivity contribution >= 4 is 17.5 Å². The maximum atomic E-state index is 12.0. The molecule has 0 saturated heterocycles. The minimum Gasteiger partial charge on any atom is -0.435 e. The molecule has 2 amide bonds. The molecule has 24 heavy (non-hydrogen) atoms. The van der Waals surface area contributed by atoms with E-state index in [1.807, 2.05) is 30.3 Å². The Morgan fingerprint density at radius 3 is 2.25 bits per heavy atom. The number of halogens is 2. The van der Waals surface area contributed by atoms with Crippen molar-refractivity contribution in [3.05, 3.63) is 60.2 Å². The first-order valence-corrected chi connectivity index (χ1v) is 7.18. The average Bonchev–Trinajstić information content (AvgIpc) is 2.55. The van der Waals surface area contributed by atoms with Crippen molar-refractivity contribution in [2.24, 2.45) is 0 Å². The Morgan fingerprint density at radius 2 is 1.62 bits per heavy atom. The Labute approximate surface area is 137 Å². The molecule has 0 atom stereocenters. The highest BCUT2D eigenvalue weighted by atomic mass is 19.3. The zero-order chi connectivity index (χ0) is 17.4. The monoisotopic (exact) mass is 334 g/mol. The number of ether oxygens (including phenoxy) is 1. The maximum Gasteiger partial charge on any atom is 0.387 e. The van der Waals surface area contributed by atoms with E-state index in [-0.39, 0.29) is 24.6 Å². The van der Waals surface area contributed by atoms with Gasteiger partial charge in [-0.05, 0) is 29.8 Å². The number of hydrogen-bond donors (Lipinski definition) is 2. The van der Waals surface area contributed by atoms with Gasteiger partial charge >= 0.3 is 6.61 Å². The van der Waals surface area contributed by atoms with Crippen molar-refractivity contribution in [1.82, 2.24) is 5.32 Å². The van der Waals surface area contributed by atoms with Crippen LogP contribution in [0.25, 0.3) is 0 Å². The molecule has 0 spiro atoms. The van der Waals surface area contributed by atoms with Crippen LogP contribution >= 0.6 is 0 Å². The summed E-state index contributed by atoms with van der Waals surface area (Å²) in [6, 6.07) is 14.7. The maximum absolute atomic E-state index is 12.0. The third-order valence-corrected chi connectivity index (χ3v) is 3.02. The summed E-state index contributed by atoms with van der Waals surface area (Å²) in [5, 5.41) is 5.06. The third kappa shape index (κ3) is 6.04. The third-order valence-electron chi connectivity index (χ3n) is 3.02. The van der Waals surface area contributed by atoms with Crippen LogP contribution in [0.15, 0.2) is 54.6 Å². The summed E-state index contributed by atoms with van der Waals surface area (Å²) < 4.78 is 28.3. The summed E-state index contributed by atoms with van der Waals surface area (Å²) in [6.07, 6.45) is 0.188. The van der Waals surface area contributed by atoms with Crippen molar-refractivity contribution in [3.8, 4) is 5.75 Å². The molecule has 0 saturated carbocycles. The number of anilines is 1.